The van der Waals surface area contributed by atoms with E-state index in [1.54, 1.807) is 4.88 Å². The largest absolute Gasteiger partial charge is 0.348 e. The Labute approximate surface area is 223 Å². The standard InChI is InChI=1S/C29H37N7S/c1-23-6-15-37-26(23)18-34-13-7-29(8-14-34)21-36(22-29)17-25-4-2-24(3-5-25)16-35(19-27-30-9-10-31-27)20-28-32-11-12-33-28/h2-6,9-12,15H,7-8,13-14,16-22H2,1H3,(H,30,31)(H,32,33). The van der Waals surface area contributed by atoms with Crippen LogP contribution in [0.5, 0.6) is 0 Å². The molecule has 6 rings (SSSR count). The van der Waals surface area contributed by atoms with Crippen molar-refractivity contribution in [2.45, 2.75) is 52.5 Å². The Morgan fingerprint density at radius 2 is 1.49 bits per heavy atom. The maximum absolute atomic E-state index is 4.41. The molecule has 0 bridgehead atoms. The number of aromatic nitrogens is 4. The second-order valence-corrected chi connectivity index (χ2v) is 12.0. The fourth-order valence-electron chi connectivity index (χ4n) is 5.91. The molecule has 2 aliphatic heterocycles. The van der Waals surface area contributed by atoms with Gasteiger partial charge in [0.05, 0.1) is 13.1 Å². The molecule has 4 aromatic rings. The van der Waals surface area contributed by atoms with Gasteiger partial charge in [0.15, 0.2) is 0 Å². The summed E-state index contributed by atoms with van der Waals surface area (Å²) in [5.41, 5.74) is 4.73. The lowest BCUT2D eigenvalue weighted by Gasteiger charge is -2.54. The van der Waals surface area contributed by atoms with E-state index < -0.39 is 0 Å². The Bertz CT molecular complexity index is 1190. The number of imidazole rings is 2. The topological polar surface area (TPSA) is 67.1 Å². The number of rotatable bonds is 10. The summed E-state index contributed by atoms with van der Waals surface area (Å²) >= 11 is 1.91. The summed E-state index contributed by atoms with van der Waals surface area (Å²) in [6.07, 6.45) is 10.1. The summed E-state index contributed by atoms with van der Waals surface area (Å²) in [6.45, 7) is 11.8. The van der Waals surface area contributed by atoms with Crippen molar-refractivity contribution in [2.75, 3.05) is 26.2 Å². The summed E-state index contributed by atoms with van der Waals surface area (Å²) < 4.78 is 0. The van der Waals surface area contributed by atoms with Crippen molar-refractivity contribution >= 4 is 11.3 Å². The van der Waals surface area contributed by atoms with Gasteiger partial charge >= 0.3 is 0 Å². The van der Waals surface area contributed by atoms with Crippen LogP contribution in [-0.4, -0.2) is 60.8 Å². The highest BCUT2D eigenvalue weighted by Gasteiger charge is 2.44. The summed E-state index contributed by atoms with van der Waals surface area (Å²) in [7, 11) is 0. The Morgan fingerprint density at radius 3 is 2.05 bits per heavy atom. The van der Waals surface area contributed by atoms with E-state index >= 15 is 0 Å². The van der Waals surface area contributed by atoms with Gasteiger partial charge in [-0.1, -0.05) is 24.3 Å². The maximum Gasteiger partial charge on any atom is 0.120 e. The molecule has 194 valence electrons. The molecular formula is C29H37N7S. The van der Waals surface area contributed by atoms with Crippen LogP contribution in [0.4, 0.5) is 0 Å². The first-order chi connectivity index (χ1) is 18.1. The predicted octanol–water partition coefficient (Wildman–Crippen LogP) is 4.80. The first-order valence-corrected chi connectivity index (χ1v) is 14.2. The van der Waals surface area contributed by atoms with Crippen molar-refractivity contribution in [3.8, 4) is 0 Å². The minimum absolute atomic E-state index is 0.555. The lowest BCUT2D eigenvalue weighted by Crippen LogP contribution is -2.59. The zero-order valence-corrected chi connectivity index (χ0v) is 22.5. The average molecular weight is 516 g/mol. The summed E-state index contributed by atoms with van der Waals surface area (Å²) in [5, 5.41) is 2.23. The molecule has 7 nitrogen and oxygen atoms in total. The zero-order valence-electron chi connectivity index (χ0n) is 21.7. The first kappa shape index (κ1) is 24.6. The third-order valence-corrected chi connectivity index (χ3v) is 9.07. The van der Waals surface area contributed by atoms with Gasteiger partial charge in [-0.2, -0.15) is 0 Å². The molecule has 2 N–H and O–H groups in total. The lowest BCUT2D eigenvalue weighted by atomic mass is 9.72. The van der Waals surface area contributed by atoms with E-state index in [9.17, 15) is 0 Å². The zero-order chi connectivity index (χ0) is 25.1. The Balaban J connectivity index is 0.980. The Morgan fingerprint density at radius 1 is 0.838 bits per heavy atom. The van der Waals surface area contributed by atoms with E-state index in [1.807, 2.05) is 36.1 Å². The minimum Gasteiger partial charge on any atom is -0.348 e. The molecule has 0 aliphatic carbocycles. The number of hydrogen-bond acceptors (Lipinski definition) is 6. The third kappa shape index (κ3) is 6.04. The van der Waals surface area contributed by atoms with Crippen LogP contribution in [-0.2, 0) is 32.7 Å². The molecule has 0 saturated carbocycles. The van der Waals surface area contributed by atoms with Gasteiger partial charge in [-0.3, -0.25) is 14.7 Å². The summed E-state index contributed by atoms with van der Waals surface area (Å²) in [4.78, 5) is 24.5. The highest BCUT2D eigenvalue weighted by atomic mass is 32.1. The van der Waals surface area contributed by atoms with Crippen LogP contribution in [0.2, 0.25) is 0 Å². The van der Waals surface area contributed by atoms with Crippen LogP contribution in [0, 0.1) is 12.3 Å². The van der Waals surface area contributed by atoms with Crippen molar-refractivity contribution in [1.82, 2.24) is 34.6 Å². The van der Waals surface area contributed by atoms with Gasteiger partial charge in [0.25, 0.3) is 0 Å². The van der Waals surface area contributed by atoms with Gasteiger partial charge in [-0.05, 0) is 66.4 Å². The molecule has 3 aromatic heterocycles. The second-order valence-electron chi connectivity index (χ2n) is 11.0. The van der Waals surface area contributed by atoms with Gasteiger partial charge in [-0.15, -0.1) is 11.3 Å². The molecule has 37 heavy (non-hydrogen) atoms. The molecule has 2 aliphatic rings. The molecule has 0 atom stereocenters. The monoisotopic (exact) mass is 515 g/mol. The average Bonchev–Trinajstić information content (AvgIpc) is 3.66. The first-order valence-electron chi connectivity index (χ1n) is 13.4. The molecule has 2 fully saturated rings. The number of benzene rings is 1. The number of aryl methyl sites for hydroxylation is 1. The molecule has 1 aromatic carbocycles. The van der Waals surface area contributed by atoms with Crippen molar-refractivity contribution in [3.05, 3.63) is 93.7 Å². The van der Waals surface area contributed by atoms with E-state index in [0.29, 0.717) is 5.41 Å². The molecule has 5 heterocycles. The smallest absolute Gasteiger partial charge is 0.120 e. The van der Waals surface area contributed by atoms with Crippen molar-refractivity contribution in [1.29, 1.82) is 0 Å². The SMILES string of the molecule is Cc1ccsc1CN1CCC2(CC1)CN(Cc1ccc(CN(Cc3ncc[nH]3)Cc3ncc[nH]3)cc1)C2. The van der Waals surface area contributed by atoms with Gasteiger partial charge < -0.3 is 9.97 Å². The van der Waals surface area contributed by atoms with Crippen molar-refractivity contribution in [2.24, 2.45) is 5.41 Å². The van der Waals surface area contributed by atoms with Crippen LogP contribution >= 0.6 is 11.3 Å². The molecule has 8 heteroatoms. The normalized spacial score (nSPS) is 18.0. The minimum atomic E-state index is 0.555. The summed E-state index contributed by atoms with van der Waals surface area (Å²) in [6, 6.07) is 11.4. The number of hydrogen-bond donors (Lipinski definition) is 2. The number of nitrogens with one attached hydrogen (secondary N) is 2. The van der Waals surface area contributed by atoms with Crippen LogP contribution in [0.3, 0.4) is 0 Å². The number of likely N-dealkylation sites (tertiary alicyclic amines) is 2. The molecule has 0 amide bonds. The van der Waals surface area contributed by atoms with Crippen LogP contribution in [0.15, 0.2) is 60.5 Å². The van der Waals surface area contributed by atoms with E-state index in [0.717, 1.165) is 44.4 Å². The summed E-state index contributed by atoms with van der Waals surface area (Å²) in [5.74, 6) is 1.95. The lowest BCUT2D eigenvalue weighted by molar-refractivity contribution is -0.0522. The predicted molar refractivity (Wildman–Crippen MR) is 148 cm³/mol. The fraction of sp³-hybridized carbons (Fsp3) is 0.448. The van der Waals surface area contributed by atoms with Crippen LogP contribution in [0.1, 0.15) is 46.1 Å². The Hall–Kier alpha value is -2.78. The molecule has 0 radical (unpaired) electrons. The van der Waals surface area contributed by atoms with Gasteiger partial charge in [-0.25, -0.2) is 9.97 Å². The van der Waals surface area contributed by atoms with Gasteiger partial charge in [0, 0.05) is 62.4 Å². The Kier molecular flexibility index (Phi) is 7.24. The fourth-order valence-corrected chi connectivity index (χ4v) is 6.86. The van der Waals surface area contributed by atoms with Crippen molar-refractivity contribution in [3.63, 3.8) is 0 Å². The number of H-pyrrole nitrogens is 2. The number of thiophene rings is 1. The molecule has 0 unspecified atom stereocenters. The van der Waals surface area contributed by atoms with E-state index in [2.05, 4.69) is 77.3 Å². The number of nitrogens with zero attached hydrogens (tertiary/aromatic N) is 5. The van der Waals surface area contributed by atoms with Crippen LogP contribution in [0.25, 0.3) is 0 Å². The molecule has 1 spiro atoms. The van der Waals surface area contributed by atoms with Gasteiger partial charge in [0.2, 0.25) is 0 Å². The second kappa shape index (κ2) is 10.9. The number of piperidine rings is 1. The highest BCUT2D eigenvalue weighted by Crippen LogP contribution is 2.41. The van der Waals surface area contributed by atoms with Crippen LogP contribution < -0.4 is 0 Å². The molecule has 2 saturated heterocycles. The third-order valence-electron chi connectivity index (χ3n) is 8.06. The van der Waals surface area contributed by atoms with Gasteiger partial charge in [0.1, 0.15) is 11.6 Å². The molecular weight excluding hydrogens is 478 g/mol. The van der Waals surface area contributed by atoms with Crippen molar-refractivity contribution < 1.29 is 0 Å². The quantitative estimate of drug-likeness (QED) is 0.318. The number of aromatic amines is 2. The maximum atomic E-state index is 4.41. The van der Waals surface area contributed by atoms with E-state index in [1.165, 1.54) is 55.7 Å². The van der Waals surface area contributed by atoms with E-state index in [4.69, 9.17) is 0 Å². The van der Waals surface area contributed by atoms with E-state index in [-0.39, 0.29) is 0 Å². The highest BCUT2D eigenvalue weighted by molar-refractivity contribution is 7.10.